The van der Waals surface area contributed by atoms with Crippen molar-refractivity contribution < 1.29 is 13.2 Å². The van der Waals surface area contributed by atoms with Crippen molar-refractivity contribution in [3.8, 4) is 0 Å². The number of carbonyl (C=O) groups is 1. The molecule has 0 saturated carbocycles. The van der Waals surface area contributed by atoms with Crippen LogP contribution < -0.4 is 0 Å². The van der Waals surface area contributed by atoms with E-state index in [1.165, 1.54) is 0 Å². The van der Waals surface area contributed by atoms with Crippen LogP contribution in [0.1, 0.15) is 17.0 Å². The minimum Gasteiger partial charge on any atom is -0.334 e. The molecule has 2 saturated heterocycles. The van der Waals surface area contributed by atoms with Gasteiger partial charge in [-0.15, -0.1) is 0 Å². The lowest BCUT2D eigenvalue weighted by Gasteiger charge is -2.44. The van der Waals surface area contributed by atoms with Crippen molar-refractivity contribution in [1.82, 2.24) is 24.3 Å². The van der Waals surface area contributed by atoms with Gasteiger partial charge in [-0.2, -0.15) is 0 Å². The fourth-order valence-electron chi connectivity index (χ4n) is 4.20. The van der Waals surface area contributed by atoms with E-state index in [-0.39, 0.29) is 36.0 Å². The first kappa shape index (κ1) is 19.1. The molecule has 2 fully saturated rings. The van der Waals surface area contributed by atoms with E-state index in [9.17, 15) is 13.2 Å². The average Bonchev–Trinajstić information content (AvgIpc) is 3.15. The third-order valence-electron chi connectivity index (χ3n) is 5.87. The van der Waals surface area contributed by atoms with Gasteiger partial charge in [0, 0.05) is 43.8 Å². The third kappa shape index (κ3) is 3.68. The summed E-state index contributed by atoms with van der Waals surface area (Å²) in [5, 5.41) is 0. The molecule has 0 N–H and O–H groups in total. The lowest BCUT2D eigenvalue weighted by atomic mass is 10.0. The fraction of sp³-hybridized carbons (Fsp3) is 0.526. The molecular weight excluding hydrogens is 378 g/mol. The number of carbonyl (C=O) groups excluding carboxylic acids is 1. The van der Waals surface area contributed by atoms with Crippen LogP contribution in [0.5, 0.6) is 0 Å². The molecule has 9 heteroatoms. The number of pyridine rings is 1. The summed E-state index contributed by atoms with van der Waals surface area (Å²) in [7, 11) is -3.17. The van der Waals surface area contributed by atoms with Gasteiger partial charge in [0.1, 0.15) is 6.54 Å². The van der Waals surface area contributed by atoms with Gasteiger partial charge >= 0.3 is 0 Å². The largest absolute Gasteiger partial charge is 0.334 e. The summed E-state index contributed by atoms with van der Waals surface area (Å²) in [6, 6.07) is 3.40. The maximum atomic E-state index is 13.0. The van der Waals surface area contributed by atoms with Crippen LogP contribution in [0.3, 0.4) is 0 Å². The summed E-state index contributed by atoms with van der Waals surface area (Å²) in [6.45, 7) is 5.87. The van der Waals surface area contributed by atoms with Crippen molar-refractivity contribution in [3.05, 3.63) is 47.8 Å². The molecular formula is C19H25N5O3S. The van der Waals surface area contributed by atoms with E-state index in [0.717, 1.165) is 17.0 Å². The van der Waals surface area contributed by atoms with Gasteiger partial charge in [-0.1, -0.05) is 6.07 Å². The molecule has 0 unspecified atom stereocenters. The van der Waals surface area contributed by atoms with Gasteiger partial charge in [0.2, 0.25) is 5.91 Å². The Kier molecular flexibility index (Phi) is 4.96. The number of fused-ring (bicyclic) bond motifs is 1. The number of hydrogen-bond acceptors (Lipinski definition) is 6. The smallest absolute Gasteiger partial charge is 0.242 e. The second kappa shape index (κ2) is 7.29. The van der Waals surface area contributed by atoms with Gasteiger partial charge in [0.15, 0.2) is 9.84 Å². The lowest BCUT2D eigenvalue weighted by Crippen LogP contribution is -2.60. The molecule has 0 bridgehead atoms. The Hall–Kier alpha value is -2.26. The van der Waals surface area contributed by atoms with Gasteiger partial charge < -0.3 is 9.47 Å². The second-order valence-electron chi connectivity index (χ2n) is 7.67. The summed E-state index contributed by atoms with van der Waals surface area (Å²) in [4.78, 5) is 25.3. The Morgan fingerprint density at radius 2 is 2.00 bits per heavy atom. The predicted molar refractivity (Wildman–Crippen MR) is 104 cm³/mol. The number of nitrogens with zero attached hydrogens (tertiary/aromatic N) is 5. The topological polar surface area (TPSA) is 88.4 Å². The van der Waals surface area contributed by atoms with E-state index >= 15 is 0 Å². The van der Waals surface area contributed by atoms with Crippen LogP contribution in [-0.2, 0) is 27.7 Å². The van der Waals surface area contributed by atoms with Gasteiger partial charge in [-0.05, 0) is 25.5 Å². The first-order chi connectivity index (χ1) is 13.3. The summed E-state index contributed by atoms with van der Waals surface area (Å²) < 4.78 is 26.6. The Morgan fingerprint density at radius 3 is 2.68 bits per heavy atom. The van der Waals surface area contributed by atoms with E-state index in [0.29, 0.717) is 19.6 Å². The average molecular weight is 404 g/mol. The number of imidazole rings is 1. The third-order valence-corrected chi connectivity index (χ3v) is 7.57. The normalized spacial score (nSPS) is 24.3. The van der Waals surface area contributed by atoms with Crippen LogP contribution in [-0.4, -0.2) is 75.3 Å². The van der Waals surface area contributed by atoms with E-state index < -0.39 is 9.84 Å². The highest BCUT2D eigenvalue weighted by atomic mass is 32.2. The molecule has 2 atom stereocenters. The van der Waals surface area contributed by atoms with Crippen molar-refractivity contribution in [2.45, 2.75) is 39.0 Å². The Bertz CT molecular complexity index is 973. The highest BCUT2D eigenvalue weighted by Gasteiger charge is 2.47. The van der Waals surface area contributed by atoms with E-state index in [1.54, 1.807) is 23.6 Å². The van der Waals surface area contributed by atoms with Crippen molar-refractivity contribution in [1.29, 1.82) is 0 Å². The van der Waals surface area contributed by atoms with Crippen molar-refractivity contribution in [2.75, 3.05) is 24.6 Å². The lowest BCUT2D eigenvalue weighted by molar-refractivity contribution is -0.137. The molecule has 2 aliphatic rings. The molecule has 0 aliphatic carbocycles. The molecule has 4 rings (SSSR count). The van der Waals surface area contributed by atoms with E-state index in [2.05, 4.69) is 14.9 Å². The van der Waals surface area contributed by atoms with Crippen molar-refractivity contribution >= 4 is 15.7 Å². The molecule has 2 aliphatic heterocycles. The van der Waals surface area contributed by atoms with Gasteiger partial charge in [-0.3, -0.25) is 14.7 Å². The summed E-state index contributed by atoms with van der Waals surface area (Å²) in [5.41, 5.74) is 2.91. The maximum Gasteiger partial charge on any atom is 0.242 e. The minimum atomic E-state index is -3.17. The number of hydrogen-bond donors (Lipinski definition) is 0. The maximum absolute atomic E-state index is 13.0. The number of aryl methyl sites for hydroxylation is 1. The van der Waals surface area contributed by atoms with Crippen LogP contribution in [0.2, 0.25) is 0 Å². The van der Waals surface area contributed by atoms with Crippen LogP contribution in [0, 0.1) is 13.8 Å². The number of rotatable bonds is 4. The fourth-order valence-corrected chi connectivity index (χ4v) is 6.21. The molecule has 0 radical (unpaired) electrons. The molecule has 1 amide bonds. The summed E-state index contributed by atoms with van der Waals surface area (Å²) >= 11 is 0. The number of aromatic nitrogens is 3. The standard InChI is InChI=1S/C19H25N5O3S/c1-14-15(2)23(13-21-14)10-19(25)24-7-6-22(9-16-4-3-5-20-8-16)17-11-28(26,27)12-18(17)24/h3-5,8,13,17-18H,6-7,9-12H2,1-2H3/t17-,18+/m1/s1. The van der Waals surface area contributed by atoms with Crippen LogP contribution >= 0.6 is 0 Å². The van der Waals surface area contributed by atoms with E-state index in [4.69, 9.17) is 0 Å². The summed E-state index contributed by atoms with van der Waals surface area (Å²) in [5.74, 6) is 0.0911. The van der Waals surface area contributed by atoms with Gasteiger partial charge in [0.05, 0.1) is 29.6 Å². The first-order valence-electron chi connectivity index (χ1n) is 9.45. The zero-order valence-electron chi connectivity index (χ0n) is 16.2. The molecule has 2 aromatic rings. The summed E-state index contributed by atoms with van der Waals surface area (Å²) in [6.07, 6.45) is 5.20. The molecule has 4 heterocycles. The molecule has 0 aromatic carbocycles. The van der Waals surface area contributed by atoms with Crippen LogP contribution in [0.15, 0.2) is 30.9 Å². The highest BCUT2D eigenvalue weighted by molar-refractivity contribution is 7.91. The predicted octanol–water partition coefficient (Wildman–Crippen LogP) is 0.405. The number of piperazine rings is 1. The minimum absolute atomic E-state index is 0.0366. The van der Waals surface area contributed by atoms with Crippen LogP contribution in [0.25, 0.3) is 0 Å². The van der Waals surface area contributed by atoms with Crippen molar-refractivity contribution in [2.24, 2.45) is 0 Å². The quantitative estimate of drug-likeness (QED) is 0.735. The van der Waals surface area contributed by atoms with Gasteiger partial charge in [0.25, 0.3) is 0 Å². The molecule has 150 valence electrons. The monoisotopic (exact) mass is 403 g/mol. The molecule has 0 spiro atoms. The Labute approximate surface area is 165 Å². The zero-order valence-corrected chi connectivity index (χ0v) is 17.0. The Morgan fingerprint density at radius 1 is 1.21 bits per heavy atom. The Balaban J connectivity index is 1.53. The van der Waals surface area contributed by atoms with Gasteiger partial charge in [-0.25, -0.2) is 13.4 Å². The highest BCUT2D eigenvalue weighted by Crippen LogP contribution is 2.28. The molecule has 28 heavy (non-hydrogen) atoms. The zero-order chi connectivity index (χ0) is 19.9. The SMILES string of the molecule is Cc1ncn(CC(=O)N2CCN(Cc3cccnc3)[C@@H]3CS(=O)(=O)C[C@@H]32)c1C. The molecule has 8 nitrogen and oxygen atoms in total. The van der Waals surface area contributed by atoms with Crippen molar-refractivity contribution in [3.63, 3.8) is 0 Å². The van der Waals surface area contributed by atoms with E-state index in [1.807, 2.05) is 30.5 Å². The van der Waals surface area contributed by atoms with Crippen LogP contribution in [0.4, 0.5) is 0 Å². The number of sulfone groups is 1. The first-order valence-corrected chi connectivity index (χ1v) is 11.3. The second-order valence-corrected chi connectivity index (χ2v) is 9.83. The number of amides is 1. The molecule has 2 aromatic heterocycles.